The highest BCUT2D eigenvalue weighted by Gasteiger charge is 2.25. The Kier molecular flexibility index (Phi) is 9.99. The molecule has 2 amide bonds. The molecule has 1 rings (SSSR count). The van der Waals surface area contributed by atoms with Crippen LogP contribution in [0.15, 0.2) is 0 Å². The quantitative estimate of drug-likeness (QED) is 0.400. The first-order valence-corrected chi connectivity index (χ1v) is 9.66. The third kappa shape index (κ3) is 8.51. The number of ketones is 1. The van der Waals surface area contributed by atoms with Gasteiger partial charge >= 0.3 is 5.97 Å². The maximum absolute atomic E-state index is 12.0. The van der Waals surface area contributed by atoms with Gasteiger partial charge in [0.1, 0.15) is 0 Å². The van der Waals surface area contributed by atoms with Gasteiger partial charge in [0, 0.05) is 13.1 Å². The summed E-state index contributed by atoms with van der Waals surface area (Å²) in [6.07, 6.45) is 2.33. The number of nitrogens with one attached hydrogen (secondary N) is 1. The summed E-state index contributed by atoms with van der Waals surface area (Å²) < 4.78 is 4.86. The fourth-order valence-corrected chi connectivity index (χ4v) is 2.78. The summed E-state index contributed by atoms with van der Waals surface area (Å²) in [5.41, 5.74) is 0. The summed E-state index contributed by atoms with van der Waals surface area (Å²) in [5.74, 6) is -2.68. The Bertz CT molecular complexity index is 530. The second-order valence-corrected chi connectivity index (χ2v) is 7.26. The summed E-state index contributed by atoms with van der Waals surface area (Å²) in [6, 6.07) is 0. The Morgan fingerprint density at radius 1 is 1.15 bits per heavy atom. The van der Waals surface area contributed by atoms with Crippen molar-refractivity contribution in [3.63, 3.8) is 0 Å². The van der Waals surface area contributed by atoms with E-state index in [2.05, 4.69) is 5.32 Å². The summed E-state index contributed by atoms with van der Waals surface area (Å²) in [7, 11) is 0. The number of nitrogens with zero attached hydrogens (tertiary/aromatic N) is 1. The van der Waals surface area contributed by atoms with Gasteiger partial charge in [-0.25, -0.2) is 0 Å². The van der Waals surface area contributed by atoms with E-state index in [-0.39, 0.29) is 18.9 Å². The molecule has 0 aromatic carbocycles. The third-order valence-corrected chi connectivity index (χ3v) is 4.90. The van der Waals surface area contributed by atoms with Gasteiger partial charge in [0.05, 0.1) is 25.0 Å². The van der Waals surface area contributed by atoms with Gasteiger partial charge in [0.2, 0.25) is 11.8 Å². The lowest BCUT2D eigenvalue weighted by Gasteiger charge is -2.17. The van der Waals surface area contributed by atoms with Crippen molar-refractivity contribution >= 4 is 23.6 Å². The van der Waals surface area contributed by atoms with Crippen LogP contribution in [0.5, 0.6) is 0 Å². The first-order valence-electron chi connectivity index (χ1n) is 9.66. The molecule has 3 atom stereocenters. The van der Waals surface area contributed by atoms with E-state index < -0.39 is 36.3 Å². The van der Waals surface area contributed by atoms with E-state index in [0.29, 0.717) is 25.4 Å². The van der Waals surface area contributed by atoms with E-state index in [1.807, 2.05) is 13.8 Å². The number of carbonyl (C=O) groups is 4. The van der Waals surface area contributed by atoms with E-state index in [9.17, 15) is 24.3 Å². The minimum atomic E-state index is -1.02. The van der Waals surface area contributed by atoms with Crippen LogP contribution in [0.3, 0.4) is 0 Å². The lowest BCUT2D eigenvalue weighted by atomic mass is 9.99. The van der Waals surface area contributed by atoms with Crippen molar-refractivity contribution < 1.29 is 29.0 Å². The molecule has 0 aliphatic carbocycles. The number of amides is 2. The van der Waals surface area contributed by atoms with Gasteiger partial charge in [0.15, 0.2) is 12.4 Å². The molecule has 0 aromatic rings. The molecule has 0 radical (unpaired) electrons. The number of esters is 1. The van der Waals surface area contributed by atoms with Crippen molar-refractivity contribution in [2.75, 3.05) is 26.2 Å². The van der Waals surface area contributed by atoms with Crippen molar-refractivity contribution in [3.05, 3.63) is 0 Å². The zero-order valence-electron chi connectivity index (χ0n) is 16.5. The Morgan fingerprint density at radius 3 is 2.37 bits per heavy atom. The zero-order valence-corrected chi connectivity index (χ0v) is 16.5. The van der Waals surface area contributed by atoms with E-state index >= 15 is 0 Å². The van der Waals surface area contributed by atoms with Crippen molar-refractivity contribution in [2.45, 2.75) is 59.0 Å². The molecule has 1 saturated heterocycles. The molecule has 8 nitrogen and oxygen atoms in total. The SMILES string of the molecule is CCC(C)CC(O)CC(=O)OCC(=O)C(C)C(=O)NCC(=O)N1CCCC1. The number of ether oxygens (including phenoxy) is 1. The zero-order chi connectivity index (χ0) is 20.4. The first-order chi connectivity index (χ1) is 12.7. The highest BCUT2D eigenvalue weighted by atomic mass is 16.5. The van der Waals surface area contributed by atoms with E-state index in [1.54, 1.807) is 4.90 Å². The van der Waals surface area contributed by atoms with E-state index in [4.69, 9.17) is 4.74 Å². The molecule has 0 saturated carbocycles. The number of hydrogen-bond donors (Lipinski definition) is 2. The number of aliphatic hydroxyl groups excluding tert-OH is 1. The average molecular weight is 384 g/mol. The topological polar surface area (TPSA) is 113 Å². The number of carbonyl (C=O) groups excluding carboxylic acids is 4. The van der Waals surface area contributed by atoms with Crippen LogP contribution in [0.2, 0.25) is 0 Å². The van der Waals surface area contributed by atoms with Crippen molar-refractivity contribution in [2.24, 2.45) is 11.8 Å². The molecule has 0 bridgehead atoms. The highest BCUT2D eigenvalue weighted by Crippen LogP contribution is 2.12. The predicted molar refractivity (Wildman–Crippen MR) is 98.6 cm³/mol. The summed E-state index contributed by atoms with van der Waals surface area (Å²) in [5, 5.41) is 12.3. The molecule has 3 unspecified atom stereocenters. The molecule has 1 fully saturated rings. The Morgan fingerprint density at radius 2 is 1.78 bits per heavy atom. The van der Waals surface area contributed by atoms with Crippen LogP contribution in [-0.2, 0) is 23.9 Å². The maximum Gasteiger partial charge on any atom is 0.308 e. The molecule has 2 N–H and O–H groups in total. The van der Waals surface area contributed by atoms with Crippen LogP contribution in [0.25, 0.3) is 0 Å². The van der Waals surface area contributed by atoms with Gasteiger partial charge in [0.25, 0.3) is 0 Å². The molecule has 0 spiro atoms. The largest absolute Gasteiger partial charge is 0.458 e. The van der Waals surface area contributed by atoms with Crippen molar-refractivity contribution in [1.82, 2.24) is 10.2 Å². The van der Waals surface area contributed by atoms with E-state index in [1.165, 1.54) is 6.92 Å². The van der Waals surface area contributed by atoms with Crippen LogP contribution in [0.4, 0.5) is 0 Å². The Hall–Kier alpha value is -1.96. The van der Waals surface area contributed by atoms with Crippen molar-refractivity contribution in [1.29, 1.82) is 0 Å². The molecule has 27 heavy (non-hydrogen) atoms. The Labute approximate surface area is 160 Å². The standard InChI is InChI=1S/C19H32N2O6/c1-4-13(2)9-15(22)10-18(25)27-12-16(23)14(3)19(26)20-11-17(24)21-7-5-6-8-21/h13-15,22H,4-12H2,1-3H3,(H,20,26). The van der Waals surface area contributed by atoms with Crippen LogP contribution >= 0.6 is 0 Å². The Balaban J connectivity index is 2.28. The summed E-state index contributed by atoms with van der Waals surface area (Å²) in [4.78, 5) is 49.3. The number of hydrogen-bond acceptors (Lipinski definition) is 6. The molecule has 0 aromatic heterocycles. The molecule has 1 aliphatic rings. The predicted octanol–water partition coefficient (Wildman–Crippen LogP) is 0.661. The maximum atomic E-state index is 12.0. The second kappa shape index (κ2) is 11.7. The lowest BCUT2D eigenvalue weighted by Crippen LogP contribution is -2.42. The summed E-state index contributed by atoms with van der Waals surface area (Å²) >= 11 is 0. The second-order valence-electron chi connectivity index (χ2n) is 7.26. The first kappa shape index (κ1) is 23.1. The van der Waals surface area contributed by atoms with E-state index in [0.717, 1.165) is 19.3 Å². The van der Waals surface area contributed by atoms with Gasteiger partial charge in [-0.1, -0.05) is 20.3 Å². The molecular weight excluding hydrogens is 352 g/mol. The van der Waals surface area contributed by atoms with Crippen LogP contribution in [-0.4, -0.2) is 65.9 Å². The minimum absolute atomic E-state index is 0.141. The smallest absolute Gasteiger partial charge is 0.308 e. The van der Waals surface area contributed by atoms with Crippen molar-refractivity contribution in [3.8, 4) is 0 Å². The number of Topliss-reactive ketones (excluding diaryl/α,β-unsaturated/α-hetero) is 1. The van der Waals surface area contributed by atoms with Crippen LogP contribution in [0, 0.1) is 11.8 Å². The molecule has 154 valence electrons. The molecule has 8 heteroatoms. The monoisotopic (exact) mass is 384 g/mol. The van der Waals surface area contributed by atoms with Gasteiger partial charge in [-0.15, -0.1) is 0 Å². The summed E-state index contributed by atoms with van der Waals surface area (Å²) in [6.45, 7) is 6.11. The average Bonchev–Trinajstić information content (AvgIpc) is 3.17. The number of rotatable bonds is 11. The normalized spacial score (nSPS) is 17.1. The molecular formula is C19H32N2O6. The lowest BCUT2D eigenvalue weighted by molar-refractivity contribution is -0.152. The van der Waals surface area contributed by atoms with Crippen LogP contribution in [0.1, 0.15) is 52.9 Å². The third-order valence-electron chi connectivity index (χ3n) is 4.90. The number of likely N-dealkylation sites (tertiary alicyclic amines) is 1. The van der Waals surface area contributed by atoms with Crippen LogP contribution < -0.4 is 5.32 Å². The van der Waals surface area contributed by atoms with Gasteiger partial charge < -0.3 is 20.1 Å². The fourth-order valence-electron chi connectivity index (χ4n) is 2.78. The minimum Gasteiger partial charge on any atom is -0.458 e. The van der Waals surface area contributed by atoms with Gasteiger partial charge in [-0.3, -0.25) is 19.2 Å². The number of aliphatic hydroxyl groups is 1. The highest BCUT2D eigenvalue weighted by molar-refractivity contribution is 6.02. The molecule has 1 aliphatic heterocycles. The fraction of sp³-hybridized carbons (Fsp3) is 0.789. The molecule has 1 heterocycles. The van der Waals surface area contributed by atoms with Gasteiger partial charge in [-0.2, -0.15) is 0 Å². The van der Waals surface area contributed by atoms with Gasteiger partial charge in [-0.05, 0) is 32.1 Å².